The van der Waals surface area contributed by atoms with E-state index >= 15 is 0 Å². The van der Waals surface area contributed by atoms with Crippen LogP contribution >= 0.6 is 0 Å². The molecule has 2 nitrogen and oxygen atoms in total. The van der Waals surface area contributed by atoms with Gasteiger partial charge < -0.3 is 4.90 Å². The Bertz CT molecular complexity index is 351. The first-order valence-corrected chi connectivity index (χ1v) is 9.90. The van der Waals surface area contributed by atoms with Crippen molar-refractivity contribution in [2.75, 3.05) is 0 Å². The molecule has 0 aromatic carbocycles. The third-order valence-electron chi connectivity index (χ3n) is 3.74. The average Bonchev–Trinajstić information content (AvgIpc) is 2.58. The summed E-state index contributed by atoms with van der Waals surface area (Å²) in [6.45, 7) is 11.2. The SMILES string of the molecule is CC(C)N1C(=O)C([Si](C)(C)C)=C2CCCC21. The molecule has 2 aliphatic rings. The Labute approximate surface area is 99.7 Å². The smallest absolute Gasteiger partial charge is 0.246 e. The molecular formula is C13H23NOSi. The lowest BCUT2D eigenvalue weighted by molar-refractivity contribution is -0.128. The molecule has 3 heteroatoms. The first kappa shape index (κ1) is 11.9. The van der Waals surface area contributed by atoms with Crippen LogP contribution in [0.5, 0.6) is 0 Å². The van der Waals surface area contributed by atoms with Crippen molar-refractivity contribution in [3.8, 4) is 0 Å². The molecule has 0 bridgehead atoms. The van der Waals surface area contributed by atoms with Gasteiger partial charge in [0, 0.05) is 11.2 Å². The summed E-state index contributed by atoms with van der Waals surface area (Å²) in [4.78, 5) is 14.6. The maximum atomic E-state index is 12.5. The van der Waals surface area contributed by atoms with Crippen molar-refractivity contribution in [2.45, 2.75) is 64.8 Å². The van der Waals surface area contributed by atoms with E-state index in [1.807, 2.05) is 0 Å². The lowest BCUT2D eigenvalue weighted by atomic mass is 10.1. The fraction of sp³-hybridized carbons (Fsp3) is 0.769. The predicted molar refractivity (Wildman–Crippen MR) is 70.0 cm³/mol. The first-order chi connectivity index (χ1) is 7.34. The van der Waals surface area contributed by atoms with Crippen LogP contribution in [0, 0.1) is 0 Å². The van der Waals surface area contributed by atoms with Crippen LogP contribution in [0.3, 0.4) is 0 Å². The van der Waals surface area contributed by atoms with E-state index in [-0.39, 0.29) is 0 Å². The average molecular weight is 237 g/mol. The van der Waals surface area contributed by atoms with Crippen LogP contribution in [0.4, 0.5) is 0 Å². The van der Waals surface area contributed by atoms with Gasteiger partial charge in [-0.15, -0.1) is 0 Å². The summed E-state index contributed by atoms with van der Waals surface area (Å²) in [7, 11) is -1.47. The minimum absolute atomic E-state index is 0.347. The van der Waals surface area contributed by atoms with Gasteiger partial charge in [-0.05, 0) is 38.7 Å². The minimum atomic E-state index is -1.47. The topological polar surface area (TPSA) is 20.3 Å². The van der Waals surface area contributed by atoms with E-state index < -0.39 is 8.07 Å². The molecule has 1 aliphatic heterocycles. The quantitative estimate of drug-likeness (QED) is 0.676. The number of carbonyl (C=O) groups is 1. The monoisotopic (exact) mass is 237 g/mol. The molecule has 1 aliphatic carbocycles. The number of hydrogen-bond acceptors (Lipinski definition) is 1. The van der Waals surface area contributed by atoms with E-state index in [1.165, 1.54) is 30.0 Å². The summed E-state index contributed by atoms with van der Waals surface area (Å²) < 4.78 is 0. The van der Waals surface area contributed by atoms with Crippen molar-refractivity contribution in [2.24, 2.45) is 0 Å². The Morgan fingerprint density at radius 3 is 2.44 bits per heavy atom. The fourth-order valence-electron chi connectivity index (χ4n) is 3.23. The van der Waals surface area contributed by atoms with Crippen LogP contribution in [0.1, 0.15) is 33.1 Å². The van der Waals surface area contributed by atoms with Gasteiger partial charge in [-0.3, -0.25) is 4.79 Å². The maximum absolute atomic E-state index is 12.5. The van der Waals surface area contributed by atoms with E-state index in [4.69, 9.17) is 0 Å². The summed E-state index contributed by atoms with van der Waals surface area (Å²) in [5.41, 5.74) is 1.50. The van der Waals surface area contributed by atoms with Crippen molar-refractivity contribution in [1.29, 1.82) is 0 Å². The molecule has 0 N–H and O–H groups in total. The zero-order chi connectivity index (χ0) is 12.1. The molecule has 0 radical (unpaired) electrons. The predicted octanol–water partition coefficient (Wildman–Crippen LogP) is 2.96. The van der Waals surface area contributed by atoms with Crippen molar-refractivity contribution in [3.63, 3.8) is 0 Å². The molecule has 90 valence electrons. The van der Waals surface area contributed by atoms with Gasteiger partial charge in [0.05, 0.1) is 14.1 Å². The van der Waals surface area contributed by atoms with Gasteiger partial charge in [0.2, 0.25) is 5.91 Å². The second-order valence-corrected chi connectivity index (χ2v) is 11.4. The first-order valence-electron chi connectivity index (χ1n) is 6.40. The summed E-state index contributed by atoms with van der Waals surface area (Å²) >= 11 is 0. The zero-order valence-electron chi connectivity index (χ0n) is 11.1. The van der Waals surface area contributed by atoms with Crippen LogP contribution in [-0.4, -0.2) is 31.0 Å². The van der Waals surface area contributed by atoms with Gasteiger partial charge in [-0.25, -0.2) is 0 Å². The van der Waals surface area contributed by atoms with Crippen LogP contribution < -0.4 is 0 Å². The van der Waals surface area contributed by atoms with Gasteiger partial charge in [0.25, 0.3) is 0 Å². The van der Waals surface area contributed by atoms with Crippen LogP contribution in [0.2, 0.25) is 19.6 Å². The van der Waals surface area contributed by atoms with Gasteiger partial charge in [0.1, 0.15) is 0 Å². The molecular weight excluding hydrogens is 214 g/mol. The highest BCUT2D eigenvalue weighted by Gasteiger charge is 2.46. The Balaban J connectivity index is 2.44. The molecule has 1 amide bonds. The number of carbonyl (C=O) groups excluding carboxylic acids is 1. The molecule has 0 spiro atoms. The highest BCUT2D eigenvalue weighted by Crippen LogP contribution is 2.42. The summed E-state index contributed by atoms with van der Waals surface area (Å²) in [6.07, 6.45) is 3.62. The van der Waals surface area contributed by atoms with E-state index in [0.717, 1.165) is 0 Å². The number of hydrogen-bond donors (Lipinski definition) is 0. The molecule has 1 saturated carbocycles. The molecule has 1 fully saturated rings. The molecule has 1 unspecified atom stereocenters. The number of amides is 1. The fourth-order valence-corrected chi connectivity index (χ4v) is 5.26. The van der Waals surface area contributed by atoms with Gasteiger partial charge >= 0.3 is 0 Å². The van der Waals surface area contributed by atoms with E-state index in [2.05, 4.69) is 38.4 Å². The molecule has 0 saturated heterocycles. The molecule has 0 aromatic rings. The normalized spacial score (nSPS) is 26.0. The van der Waals surface area contributed by atoms with Gasteiger partial charge in [-0.2, -0.15) is 0 Å². The Morgan fingerprint density at radius 2 is 1.94 bits per heavy atom. The van der Waals surface area contributed by atoms with Crippen LogP contribution in [0.25, 0.3) is 0 Å². The molecule has 2 rings (SSSR count). The summed E-state index contributed by atoms with van der Waals surface area (Å²) in [6, 6.07) is 0.800. The Kier molecular flexibility index (Phi) is 2.77. The zero-order valence-corrected chi connectivity index (χ0v) is 12.1. The molecule has 1 heterocycles. The standard InChI is InChI=1S/C13H23NOSi/c1-9(2)14-11-8-6-7-10(11)12(13(14)15)16(3,4)5/h9,11H,6-8H2,1-5H3. The van der Waals surface area contributed by atoms with E-state index in [1.54, 1.807) is 0 Å². The van der Waals surface area contributed by atoms with Crippen LogP contribution in [-0.2, 0) is 4.79 Å². The second kappa shape index (κ2) is 3.72. The summed E-state index contributed by atoms with van der Waals surface area (Å²) in [5.74, 6) is 0.355. The maximum Gasteiger partial charge on any atom is 0.246 e. The van der Waals surface area contributed by atoms with Crippen molar-refractivity contribution < 1.29 is 4.79 Å². The van der Waals surface area contributed by atoms with Gasteiger partial charge in [0.15, 0.2) is 0 Å². The van der Waals surface area contributed by atoms with Crippen LogP contribution in [0.15, 0.2) is 10.8 Å². The van der Waals surface area contributed by atoms with E-state index in [0.29, 0.717) is 18.0 Å². The minimum Gasteiger partial charge on any atom is -0.330 e. The number of nitrogens with zero attached hydrogens (tertiary/aromatic N) is 1. The van der Waals surface area contributed by atoms with E-state index in [9.17, 15) is 4.79 Å². The second-order valence-electron chi connectivity index (χ2n) is 6.36. The third-order valence-corrected chi connectivity index (χ3v) is 5.77. The highest BCUT2D eigenvalue weighted by atomic mass is 28.3. The van der Waals surface area contributed by atoms with Crippen molar-refractivity contribution in [3.05, 3.63) is 10.8 Å². The van der Waals surface area contributed by atoms with Crippen molar-refractivity contribution >= 4 is 14.0 Å². The van der Waals surface area contributed by atoms with Gasteiger partial charge in [-0.1, -0.05) is 19.6 Å². The Hall–Kier alpha value is -0.573. The molecule has 1 atom stereocenters. The molecule has 16 heavy (non-hydrogen) atoms. The largest absolute Gasteiger partial charge is 0.330 e. The van der Waals surface area contributed by atoms with Crippen molar-refractivity contribution in [1.82, 2.24) is 4.90 Å². The highest BCUT2D eigenvalue weighted by molar-refractivity contribution is 6.87. The lowest BCUT2D eigenvalue weighted by Crippen LogP contribution is -2.42. The molecule has 0 aromatic heterocycles. The lowest BCUT2D eigenvalue weighted by Gasteiger charge is -2.29. The Morgan fingerprint density at radius 1 is 1.31 bits per heavy atom. The third kappa shape index (κ3) is 1.65. The number of rotatable bonds is 2. The summed E-state index contributed by atoms with van der Waals surface area (Å²) in [5, 5.41) is 1.24. The number of fused-ring (bicyclic) bond motifs is 1.